The molecule has 0 unspecified atom stereocenters. The smallest absolute Gasteiger partial charge is 0.308 e. The Balaban J connectivity index is 2.38. The van der Waals surface area contributed by atoms with Crippen LogP contribution in [0.15, 0.2) is 22.7 Å². The molecule has 110 valence electrons. The maximum absolute atomic E-state index is 11.6. The van der Waals surface area contributed by atoms with E-state index in [4.69, 9.17) is 11.6 Å². The molecule has 0 bridgehead atoms. The van der Waals surface area contributed by atoms with Gasteiger partial charge in [0.05, 0.1) is 5.92 Å². The van der Waals surface area contributed by atoms with Crippen LogP contribution in [0.25, 0.3) is 0 Å². The highest BCUT2D eigenvalue weighted by Crippen LogP contribution is 2.39. The lowest BCUT2D eigenvalue weighted by Gasteiger charge is -2.31. The van der Waals surface area contributed by atoms with Crippen molar-refractivity contribution >= 4 is 33.5 Å². The summed E-state index contributed by atoms with van der Waals surface area (Å²) in [6.45, 7) is 7.60. The summed E-state index contributed by atoms with van der Waals surface area (Å²) in [5.74, 6) is -1.24. The van der Waals surface area contributed by atoms with E-state index in [1.54, 1.807) is 0 Å². The molecule has 1 aromatic rings. The van der Waals surface area contributed by atoms with Crippen LogP contribution >= 0.6 is 27.5 Å². The monoisotopic (exact) mass is 359 g/mol. The predicted molar refractivity (Wildman–Crippen MR) is 84.3 cm³/mol. The normalized spacial score (nSPS) is 24.1. The van der Waals surface area contributed by atoms with Crippen LogP contribution in [-0.2, 0) is 4.79 Å². The lowest BCUT2D eigenvalue weighted by molar-refractivity contribution is -0.141. The topological polar surface area (TPSA) is 40.5 Å². The Hall–Kier alpha value is -0.580. The molecule has 0 amide bonds. The van der Waals surface area contributed by atoms with Gasteiger partial charge >= 0.3 is 5.97 Å². The average molecular weight is 361 g/mol. The van der Waals surface area contributed by atoms with Crippen molar-refractivity contribution in [1.29, 1.82) is 0 Å². The van der Waals surface area contributed by atoms with Crippen LogP contribution in [0.2, 0.25) is 5.02 Å². The Morgan fingerprint density at radius 3 is 2.60 bits per heavy atom. The van der Waals surface area contributed by atoms with Crippen LogP contribution < -0.4 is 0 Å². The second-order valence-corrected chi connectivity index (χ2v) is 7.62. The highest BCUT2D eigenvalue weighted by Gasteiger charge is 2.42. The minimum absolute atomic E-state index is 0.0407. The molecule has 1 aromatic carbocycles. The van der Waals surface area contributed by atoms with E-state index in [9.17, 15) is 9.90 Å². The fourth-order valence-electron chi connectivity index (χ4n) is 2.72. The zero-order valence-electron chi connectivity index (χ0n) is 11.9. The first-order valence-electron chi connectivity index (χ1n) is 6.63. The molecule has 1 saturated heterocycles. The summed E-state index contributed by atoms with van der Waals surface area (Å²) in [7, 11) is 0. The maximum Gasteiger partial charge on any atom is 0.308 e. The predicted octanol–water partition coefficient (Wildman–Crippen LogP) is 4.00. The van der Waals surface area contributed by atoms with Gasteiger partial charge in [-0.25, -0.2) is 0 Å². The van der Waals surface area contributed by atoms with E-state index in [0.717, 1.165) is 16.6 Å². The van der Waals surface area contributed by atoms with Crippen LogP contribution in [0.5, 0.6) is 0 Å². The van der Waals surface area contributed by atoms with E-state index in [1.807, 2.05) is 18.2 Å². The number of aliphatic carboxylic acids is 1. The van der Waals surface area contributed by atoms with Gasteiger partial charge in [-0.1, -0.05) is 27.5 Å². The van der Waals surface area contributed by atoms with Crippen LogP contribution in [0, 0.1) is 5.92 Å². The minimum Gasteiger partial charge on any atom is -0.481 e. The maximum atomic E-state index is 11.6. The Morgan fingerprint density at radius 1 is 1.40 bits per heavy atom. The second kappa shape index (κ2) is 5.66. The molecule has 5 heteroatoms. The fraction of sp³-hybridized carbons (Fsp3) is 0.533. The number of halogens is 2. The second-order valence-electron chi connectivity index (χ2n) is 6.29. The number of rotatable bonds is 2. The summed E-state index contributed by atoms with van der Waals surface area (Å²) >= 11 is 9.71. The summed E-state index contributed by atoms with van der Waals surface area (Å²) in [6.07, 6.45) is 0. The third-order valence-electron chi connectivity index (χ3n) is 3.94. The number of hydrogen-bond donors (Lipinski definition) is 1. The highest BCUT2D eigenvalue weighted by molar-refractivity contribution is 9.10. The molecule has 2 atom stereocenters. The summed E-state index contributed by atoms with van der Waals surface area (Å²) in [5, 5.41) is 10.1. The number of likely N-dealkylation sites (tertiary alicyclic amines) is 1. The van der Waals surface area contributed by atoms with Crippen molar-refractivity contribution in [2.45, 2.75) is 32.2 Å². The average Bonchev–Trinajstić information content (AvgIpc) is 2.77. The van der Waals surface area contributed by atoms with Crippen molar-refractivity contribution in [1.82, 2.24) is 4.90 Å². The van der Waals surface area contributed by atoms with Gasteiger partial charge in [0, 0.05) is 34.0 Å². The van der Waals surface area contributed by atoms with Crippen LogP contribution in [-0.4, -0.2) is 34.6 Å². The van der Waals surface area contributed by atoms with E-state index in [-0.39, 0.29) is 11.5 Å². The molecule has 1 heterocycles. The van der Waals surface area contributed by atoms with Crippen molar-refractivity contribution in [2.24, 2.45) is 5.92 Å². The molecule has 2 rings (SSSR count). The molecule has 3 nitrogen and oxygen atoms in total. The van der Waals surface area contributed by atoms with Crippen molar-refractivity contribution in [3.05, 3.63) is 33.3 Å². The third-order valence-corrected chi connectivity index (χ3v) is 4.78. The third kappa shape index (κ3) is 3.18. The molecule has 0 aromatic heterocycles. The van der Waals surface area contributed by atoms with Crippen LogP contribution in [0.4, 0.5) is 0 Å². The molecular formula is C15H19BrClNO2. The summed E-state index contributed by atoms with van der Waals surface area (Å²) in [5.41, 5.74) is 0.876. The summed E-state index contributed by atoms with van der Waals surface area (Å²) in [6, 6.07) is 5.63. The fourth-order valence-corrected chi connectivity index (χ4v) is 3.35. The number of carboxylic acids is 1. The van der Waals surface area contributed by atoms with E-state index in [2.05, 4.69) is 41.6 Å². The van der Waals surface area contributed by atoms with Gasteiger partial charge < -0.3 is 5.11 Å². The largest absolute Gasteiger partial charge is 0.481 e. The van der Waals surface area contributed by atoms with Gasteiger partial charge in [-0.15, -0.1) is 0 Å². The molecule has 20 heavy (non-hydrogen) atoms. The number of hydrogen-bond acceptors (Lipinski definition) is 2. The first-order chi connectivity index (χ1) is 9.20. The lowest BCUT2D eigenvalue weighted by Crippen LogP contribution is -2.40. The molecule has 0 aliphatic carbocycles. The van der Waals surface area contributed by atoms with E-state index in [0.29, 0.717) is 11.6 Å². The van der Waals surface area contributed by atoms with Gasteiger partial charge in [0.25, 0.3) is 0 Å². The van der Waals surface area contributed by atoms with E-state index in [1.165, 1.54) is 0 Å². The first-order valence-corrected chi connectivity index (χ1v) is 7.80. The van der Waals surface area contributed by atoms with E-state index >= 15 is 0 Å². The number of carbonyl (C=O) groups is 1. The van der Waals surface area contributed by atoms with Gasteiger partial charge in [-0.3, -0.25) is 9.69 Å². The van der Waals surface area contributed by atoms with Crippen LogP contribution in [0.3, 0.4) is 0 Å². The Bertz CT molecular complexity index is 527. The highest BCUT2D eigenvalue weighted by atomic mass is 79.9. The quantitative estimate of drug-likeness (QED) is 0.866. The molecule has 0 saturated carbocycles. The molecule has 0 spiro atoms. The first kappa shape index (κ1) is 15.8. The van der Waals surface area contributed by atoms with Gasteiger partial charge in [-0.2, -0.15) is 0 Å². The molecule has 1 aliphatic rings. The number of nitrogens with zero attached hydrogens (tertiary/aromatic N) is 1. The standard InChI is InChI=1S/C15H19BrClNO2/c1-15(2,3)18-7-11(12(8-18)14(19)20)10-6-9(16)4-5-13(10)17/h4-6,11-12H,7-8H2,1-3H3,(H,19,20)/t11-,12+/m1/s1. The zero-order valence-corrected chi connectivity index (χ0v) is 14.2. The molecule has 1 N–H and O–H groups in total. The van der Waals surface area contributed by atoms with Crippen molar-refractivity contribution in [3.63, 3.8) is 0 Å². The molecule has 1 fully saturated rings. The Morgan fingerprint density at radius 2 is 2.05 bits per heavy atom. The molecule has 0 radical (unpaired) electrons. The SMILES string of the molecule is CC(C)(C)N1C[C@H](C(=O)O)[C@@H](c2cc(Br)ccc2Cl)C1. The van der Waals surface area contributed by atoms with Gasteiger partial charge in [0.15, 0.2) is 0 Å². The summed E-state index contributed by atoms with van der Waals surface area (Å²) < 4.78 is 0.926. The van der Waals surface area contributed by atoms with Crippen molar-refractivity contribution < 1.29 is 9.90 Å². The van der Waals surface area contributed by atoms with Gasteiger partial charge in [0.2, 0.25) is 0 Å². The van der Waals surface area contributed by atoms with Gasteiger partial charge in [0.1, 0.15) is 0 Å². The summed E-state index contributed by atoms with van der Waals surface area (Å²) in [4.78, 5) is 13.8. The zero-order chi connectivity index (χ0) is 15.1. The number of carboxylic acid groups (broad SMARTS) is 1. The van der Waals surface area contributed by atoms with Crippen molar-refractivity contribution in [2.75, 3.05) is 13.1 Å². The molecule has 1 aliphatic heterocycles. The van der Waals surface area contributed by atoms with Gasteiger partial charge in [-0.05, 0) is 44.5 Å². The van der Waals surface area contributed by atoms with E-state index < -0.39 is 11.9 Å². The number of benzene rings is 1. The van der Waals surface area contributed by atoms with Crippen LogP contribution in [0.1, 0.15) is 32.3 Å². The minimum atomic E-state index is -0.752. The molecular weight excluding hydrogens is 342 g/mol. The lowest BCUT2D eigenvalue weighted by atomic mass is 9.89. The van der Waals surface area contributed by atoms with Crippen molar-refractivity contribution in [3.8, 4) is 0 Å². The Kier molecular flexibility index (Phi) is 4.47. The Labute approximate surface area is 133 Å².